The van der Waals surface area contributed by atoms with Gasteiger partial charge in [0.05, 0.1) is 0 Å². The minimum absolute atomic E-state index is 0.270. The third kappa shape index (κ3) is 3.47. The van der Waals surface area contributed by atoms with Crippen molar-refractivity contribution in [3.63, 3.8) is 0 Å². The number of aromatic nitrogens is 2. The number of nitrogens with two attached hydrogens (primary N) is 1. The Kier molecular flexibility index (Phi) is 4.03. The molecule has 0 saturated carbocycles. The molecule has 4 heteroatoms. The lowest BCUT2D eigenvalue weighted by Crippen LogP contribution is -2.44. The quantitative estimate of drug-likeness (QED) is 0.801. The summed E-state index contributed by atoms with van der Waals surface area (Å²) < 4.78 is 5.46. The first-order valence-electron chi connectivity index (χ1n) is 5.30. The lowest BCUT2D eigenvalue weighted by molar-refractivity contribution is 0.194. The molecule has 0 aromatic carbocycles. The Morgan fingerprint density at radius 3 is 2.27 bits per heavy atom. The average molecular weight is 209 g/mol. The first-order valence-corrected chi connectivity index (χ1v) is 5.30. The van der Waals surface area contributed by atoms with Crippen LogP contribution in [-0.2, 0) is 0 Å². The highest BCUT2D eigenvalue weighted by molar-refractivity contribution is 5.04. The van der Waals surface area contributed by atoms with E-state index in [0.29, 0.717) is 12.6 Å². The Morgan fingerprint density at radius 1 is 1.27 bits per heavy atom. The van der Waals surface area contributed by atoms with E-state index in [1.807, 2.05) is 6.92 Å². The summed E-state index contributed by atoms with van der Waals surface area (Å²) in [6.07, 6.45) is 5.24. The van der Waals surface area contributed by atoms with Gasteiger partial charge in [-0.25, -0.2) is 9.97 Å². The summed E-state index contributed by atoms with van der Waals surface area (Å²) in [5.74, 6) is 0. The molecule has 84 valence electrons. The summed E-state index contributed by atoms with van der Waals surface area (Å²) >= 11 is 0. The van der Waals surface area contributed by atoms with Gasteiger partial charge in [0.25, 0.3) is 0 Å². The van der Waals surface area contributed by atoms with Gasteiger partial charge in [0, 0.05) is 17.9 Å². The zero-order valence-corrected chi connectivity index (χ0v) is 9.66. The Labute approximate surface area is 90.9 Å². The molecule has 0 saturated heterocycles. The Balaban J connectivity index is 2.53. The molecule has 4 nitrogen and oxygen atoms in total. The van der Waals surface area contributed by atoms with Gasteiger partial charge in [-0.05, 0) is 25.3 Å². The Bertz CT molecular complexity index is 293. The van der Waals surface area contributed by atoms with E-state index in [2.05, 4.69) is 23.8 Å². The predicted molar refractivity (Wildman–Crippen MR) is 59.8 cm³/mol. The molecule has 15 heavy (non-hydrogen) atoms. The molecule has 0 atom stereocenters. The van der Waals surface area contributed by atoms with Crippen LogP contribution >= 0.6 is 0 Å². The standard InChI is InChI=1S/C11H19N3O/c1-4-11(12,5-2)8-15-10-13-6-9(3)7-14-10/h6-7H,4-5,8,12H2,1-3H3. The van der Waals surface area contributed by atoms with Crippen molar-refractivity contribution in [1.29, 1.82) is 0 Å². The van der Waals surface area contributed by atoms with Gasteiger partial charge in [-0.15, -0.1) is 0 Å². The van der Waals surface area contributed by atoms with Crippen molar-refractivity contribution < 1.29 is 4.74 Å². The van der Waals surface area contributed by atoms with Crippen LogP contribution in [0.5, 0.6) is 6.01 Å². The van der Waals surface area contributed by atoms with Gasteiger partial charge in [0.2, 0.25) is 0 Å². The normalized spacial score (nSPS) is 11.5. The molecule has 0 unspecified atom stereocenters. The van der Waals surface area contributed by atoms with Crippen molar-refractivity contribution in [2.24, 2.45) is 5.73 Å². The zero-order valence-electron chi connectivity index (χ0n) is 9.66. The molecular formula is C11H19N3O. The minimum atomic E-state index is -0.270. The summed E-state index contributed by atoms with van der Waals surface area (Å²) in [5, 5.41) is 0. The molecular weight excluding hydrogens is 190 g/mol. The van der Waals surface area contributed by atoms with Crippen LogP contribution in [0.1, 0.15) is 32.3 Å². The SMILES string of the molecule is CCC(N)(CC)COc1ncc(C)cn1. The smallest absolute Gasteiger partial charge is 0.316 e. The van der Waals surface area contributed by atoms with Crippen LogP contribution in [0.4, 0.5) is 0 Å². The number of rotatable bonds is 5. The van der Waals surface area contributed by atoms with Crippen LogP contribution in [0.2, 0.25) is 0 Å². The van der Waals surface area contributed by atoms with E-state index in [4.69, 9.17) is 10.5 Å². The van der Waals surface area contributed by atoms with Crippen molar-refractivity contribution in [2.45, 2.75) is 39.2 Å². The molecule has 1 heterocycles. The van der Waals surface area contributed by atoms with Crippen molar-refractivity contribution in [1.82, 2.24) is 9.97 Å². The maximum Gasteiger partial charge on any atom is 0.316 e. The lowest BCUT2D eigenvalue weighted by Gasteiger charge is -2.25. The molecule has 1 aromatic heterocycles. The zero-order chi connectivity index (χ0) is 11.3. The monoisotopic (exact) mass is 209 g/mol. The number of ether oxygens (including phenoxy) is 1. The molecule has 1 rings (SSSR count). The van der Waals surface area contributed by atoms with Gasteiger partial charge in [-0.1, -0.05) is 13.8 Å². The van der Waals surface area contributed by atoms with Crippen LogP contribution in [0, 0.1) is 6.92 Å². The fourth-order valence-electron chi connectivity index (χ4n) is 1.12. The molecule has 0 amide bonds. The van der Waals surface area contributed by atoms with Crippen LogP contribution in [0.3, 0.4) is 0 Å². The van der Waals surface area contributed by atoms with Gasteiger partial charge in [0.1, 0.15) is 6.61 Å². The van der Waals surface area contributed by atoms with E-state index in [0.717, 1.165) is 18.4 Å². The third-order valence-corrected chi connectivity index (χ3v) is 2.65. The number of aryl methyl sites for hydroxylation is 1. The molecule has 0 aliphatic carbocycles. The lowest BCUT2D eigenvalue weighted by atomic mass is 9.96. The van der Waals surface area contributed by atoms with Crippen molar-refractivity contribution in [3.8, 4) is 6.01 Å². The van der Waals surface area contributed by atoms with Crippen LogP contribution in [-0.4, -0.2) is 22.1 Å². The summed E-state index contributed by atoms with van der Waals surface area (Å²) in [4.78, 5) is 8.12. The van der Waals surface area contributed by atoms with E-state index in [1.54, 1.807) is 12.4 Å². The highest BCUT2D eigenvalue weighted by Crippen LogP contribution is 2.12. The maximum atomic E-state index is 6.09. The molecule has 0 fully saturated rings. The third-order valence-electron chi connectivity index (χ3n) is 2.65. The second kappa shape index (κ2) is 5.07. The van der Waals surface area contributed by atoms with Crippen LogP contribution in [0.25, 0.3) is 0 Å². The fourth-order valence-corrected chi connectivity index (χ4v) is 1.12. The summed E-state index contributed by atoms with van der Waals surface area (Å²) in [5.41, 5.74) is 6.84. The summed E-state index contributed by atoms with van der Waals surface area (Å²) in [6.45, 7) is 6.52. The van der Waals surface area contributed by atoms with Gasteiger partial charge in [-0.2, -0.15) is 0 Å². The van der Waals surface area contributed by atoms with E-state index in [9.17, 15) is 0 Å². The average Bonchev–Trinajstić information content (AvgIpc) is 2.28. The molecule has 0 aliphatic heterocycles. The molecule has 0 bridgehead atoms. The van der Waals surface area contributed by atoms with E-state index in [-0.39, 0.29) is 5.54 Å². The largest absolute Gasteiger partial charge is 0.462 e. The van der Waals surface area contributed by atoms with Crippen molar-refractivity contribution >= 4 is 0 Å². The topological polar surface area (TPSA) is 61.0 Å². The van der Waals surface area contributed by atoms with E-state index < -0.39 is 0 Å². The Hall–Kier alpha value is -1.16. The number of hydrogen-bond donors (Lipinski definition) is 1. The fraction of sp³-hybridized carbons (Fsp3) is 0.636. The van der Waals surface area contributed by atoms with Gasteiger partial charge < -0.3 is 10.5 Å². The second-order valence-corrected chi connectivity index (χ2v) is 3.90. The molecule has 1 aromatic rings. The first kappa shape index (κ1) is 11.9. The highest BCUT2D eigenvalue weighted by atomic mass is 16.5. The van der Waals surface area contributed by atoms with Crippen molar-refractivity contribution in [2.75, 3.05) is 6.61 Å². The molecule has 0 radical (unpaired) electrons. The van der Waals surface area contributed by atoms with Crippen LogP contribution < -0.4 is 10.5 Å². The minimum Gasteiger partial charge on any atom is -0.462 e. The van der Waals surface area contributed by atoms with Crippen molar-refractivity contribution in [3.05, 3.63) is 18.0 Å². The number of nitrogens with zero attached hydrogens (tertiary/aromatic N) is 2. The maximum absolute atomic E-state index is 6.09. The molecule has 2 N–H and O–H groups in total. The molecule has 0 spiro atoms. The number of hydrogen-bond acceptors (Lipinski definition) is 4. The highest BCUT2D eigenvalue weighted by Gasteiger charge is 2.21. The molecule has 0 aliphatic rings. The van der Waals surface area contributed by atoms with Crippen LogP contribution in [0.15, 0.2) is 12.4 Å². The van der Waals surface area contributed by atoms with Gasteiger partial charge in [-0.3, -0.25) is 0 Å². The van der Waals surface area contributed by atoms with Gasteiger partial charge in [0.15, 0.2) is 0 Å². The first-order chi connectivity index (χ1) is 7.09. The van der Waals surface area contributed by atoms with E-state index >= 15 is 0 Å². The van der Waals surface area contributed by atoms with Gasteiger partial charge >= 0.3 is 6.01 Å². The summed E-state index contributed by atoms with van der Waals surface area (Å²) in [7, 11) is 0. The summed E-state index contributed by atoms with van der Waals surface area (Å²) in [6, 6.07) is 0.400. The van der Waals surface area contributed by atoms with E-state index in [1.165, 1.54) is 0 Å². The predicted octanol–water partition coefficient (Wildman–Crippen LogP) is 1.68. The second-order valence-electron chi connectivity index (χ2n) is 3.90. The Morgan fingerprint density at radius 2 is 1.80 bits per heavy atom.